The molecule has 0 bridgehead atoms. The van der Waals surface area contributed by atoms with Crippen LogP contribution in [0.3, 0.4) is 0 Å². The second-order valence-corrected chi connectivity index (χ2v) is 3.63. The van der Waals surface area contributed by atoms with Crippen LogP contribution in [0.2, 0.25) is 0 Å². The van der Waals surface area contributed by atoms with Gasteiger partial charge in [0.05, 0.1) is 12.5 Å². The molecule has 4 aromatic rings. The average molecular weight is 238 g/mol. The van der Waals surface area contributed by atoms with Crippen LogP contribution in [0.25, 0.3) is 22.2 Å². The van der Waals surface area contributed by atoms with Crippen molar-refractivity contribution >= 4 is 22.2 Å². The van der Waals surface area contributed by atoms with Crippen LogP contribution in [0.5, 0.6) is 0 Å². The number of rotatable bonds is 0. The van der Waals surface area contributed by atoms with Gasteiger partial charge in [-0.05, 0) is 30.3 Å². The maximum Gasteiger partial charge on any atom is 0.225 e. The quantitative estimate of drug-likeness (QED) is 0.469. The summed E-state index contributed by atoms with van der Waals surface area (Å²) in [4.78, 5) is 8.02. The van der Waals surface area contributed by atoms with Gasteiger partial charge in [-0.2, -0.15) is 0 Å². The Kier molecular flexibility index (Phi) is 2.75. The number of hydrogen-bond donors (Lipinski definition) is 0. The Morgan fingerprint density at radius 2 is 1.61 bits per heavy atom. The lowest BCUT2D eigenvalue weighted by molar-refractivity contribution is 0.603. The minimum absolute atomic E-state index is 0.706. The standard InChI is InChI=1S/2C7H5NO/c1-2-7-6(8-4-1)3-5-9-7;1-2-6-3-5-9-7(6)8-4-1/h2*1-5H. The Bertz CT molecular complexity index is 632. The van der Waals surface area contributed by atoms with E-state index in [4.69, 9.17) is 8.83 Å². The molecule has 0 N–H and O–H groups in total. The van der Waals surface area contributed by atoms with Crippen molar-refractivity contribution in [3.63, 3.8) is 0 Å². The van der Waals surface area contributed by atoms with Crippen molar-refractivity contribution in [3.8, 4) is 0 Å². The lowest BCUT2D eigenvalue weighted by Gasteiger charge is -1.80. The van der Waals surface area contributed by atoms with E-state index in [-0.39, 0.29) is 0 Å². The van der Waals surface area contributed by atoms with E-state index in [1.54, 1.807) is 24.9 Å². The molecule has 0 amide bonds. The van der Waals surface area contributed by atoms with Gasteiger partial charge in [-0.3, -0.25) is 4.98 Å². The molecule has 0 aromatic carbocycles. The zero-order valence-electron chi connectivity index (χ0n) is 9.48. The predicted molar refractivity (Wildman–Crippen MR) is 68.0 cm³/mol. The molecule has 0 radical (unpaired) electrons. The summed E-state index contributed by atoms with van der Waals surface area (Å²) in [5.41, 5.74) is 2.47. The van der Waals surface area contributed by atoms with Crippen LogP contribution in [-0.4, -0.2) is 9.97 Å². The maximum atomic E-state index is 5.06. The molecule has 4 aromatic heterocycles. The normalized spacial score (nSPS) is 10.2. The first-order chi connectivity index (χ1) is 8.93. The van der Waals surface area contributed by atoms with Crippen molar-refractivity contribution in [1.82, 2.24) is 9.97 Å². The molecule has 4 heterocycles. The zero-order chi connectivity index (χ0) is 12.2. The molecule has 4 rings (SSSR count). The van der Waals surface area contributed by atoms with Crippen LogP contribution < -0.4 is 0 Å². The van der Waals surface area contributed by atoms with Gasteiger partial charge in [0, 0.05) is 23.8 Å². The summed E-state index contributed by atoms with van der Waals surface area (Å²) >= 11 is 0. The van der Waals surface area contributed by atoms with Gasteiger partial charge >= 0.3 is 0 Å². The molecule has 0 aliphatic carbocycles. The fourth-order valence-electron chi connectivity index (χ4n) is 1.60. The number of nitrogens with zero attached hydrogens (tertiary/aromatic N) is 2. The van der Waals surface area contributed by atoms with Crippen LogP contribution >= 0.6 is 0 Å². The molecular formula is C14H10N2O2. The molecule has 88 valence electrons. The van der Waals surface area contributed by atoms with Crippen molar-refractivity contribution in [2.75, 3.05) is 0 Å². The highest BCUT2D eigenvalue weighted by molar-refractivity contribution is 5.72. The van der Waals surface area contributed by atoms with Crippen molar-refractivity contribution in [3.05, 3.63) is 61.3 Å². The highest BCUT2D eigenvalue weighted by Crippen LogP contribution is 2.10. The first kappa shape index (κ1) is 10.5. The van der Waals surface area contributed by atoms with Crippen molar-refractivity contribution in [2.24, 2.45) is 0 Å². The van der Waals surface area contributed by atoms with Gasteiger partial charge in [-0.15, -0.1) is 0 Å². The van der Waals surface area contributed by atoms with Crippen LogP contribution in [0, 0.1) is 0 Å². The monoisotopic (exact) mass is 238 g/mol. The van der Waals surface area contributed by atoms with Gasteiger partial charge in [0.25, 0.3) is 0 Å². The fraction of sp³-hybridized carbons (Fsp3) is 0. The molecule has 4 nitrogen and oxygen atoms in total. The molecule has 0 spiro atoms. The Morgan fingerprint density at radius 3 is 2.50 bits per heavy atom. The molecule has 0 fully saturated rings. The van der Waals surface area contributed by atoms with Crippen molar-refractivity contribution < 1.29 is 8.83 Å². The van der Waals surface area contributed by atoms with Gasteiger partial charge in [0.1, 0.15) is 5.52 Å². The SMILES string of the molecule is c1cnc2ccoc2c1.c1cnc2occc2c1. The van der Waals surface area contributed by atoms with E-state index in [0.717, 1.165) is 16.5 Å². The van der Waals surface area contributed by atoms with Gasteiger partial charge < -0.3 is 8.83 Å². The topological polar surface area (TPSA) is 52.1 Å². The lowest BCUT2D eigenvalue weighted by Crippen LogP contribution is -1.66. The summed E-state index contributed by atoms with van der Waals surface area (Å²) in [5, 5.41) is 1.05. The highest BCUT2D eigenvalue weighted by Gasteiger charge is 1.92. The molecule has 0 aliphatic rings. The molecule has 0 atom stereocenters. The molecule has 18 heavy (non-hydrogen) atoms. The summed E-state index contributed by atoms with van der Waals surface area (Å²) in [5.74, 6) is 0. The Labute approximate surface area is 103 Å². The van der Waals surface area contributed by atoms with Crippen LogP contribution in [0.1, 0.15) is 0 Å². The maximum absolute atomic E-state index is 5.06. The van der Waals surface area contributed by atoms with Crippen molar-refractivity contribution in [2.45, 2.75) is 0 Å². The lowest BCUT2D eigenvalue weighted by atomic mass is 10.4. The summed E-state index contributed by atoms with van der Waals surface area (Å²) in [7, 11) is 0. The minimum atomic E-state index is 0.706. The number of hydrogen-bond acceptors (Lipinski definition) is 4. The van der Waals surface area contributed by atoms with Crippen molar-refractivity contribution in [1.29, 1.82) is 0 Å². The van der Waals surface area contributed by atoms with E-state index in [2.05, 4.69) is 9.97 Å². The fourth-order valence-corrected chi connectivity index (χ4v) is 1.60. The van der Waals surface area contributed by atoms with Gasteiger partial charge in [-0.25, -0.2) is 4.98 Å². The van der Waals surface area contributed by atoms with Crippen LogP contribution in [0.4, 0.5) is 0 Å². The number of fused-ring (bicyclic) bond motifs is 2. The van der Waals surface area contributed by atoms with Gasteiger partial charge in [-0.1, -0.05) is 0 Å². The summed E-state index contributed by atoms with van der Waals surface area (Å²) in [6, 6.07) is 11.3. The second-order valence-electron chi connectivity index (χ2n) is 3.63. The first-order valence-electron chi connectivity index (χ1n) is 5.50. The van der Waals surface area contributed by atoms with E-state index in [1.807, 2.05) is 36.4 Å². The highest BCUT2D eigenvalue weighted by atomic mass is 16.3. The molecule has 0 saturated heterocycles. The molecule has 0 saturated carbocycles. The average Bonchev–Trinajstić information content (AvgIpc) is 3.08. The molecular weight excluding hydrogens is 228 g/mol. The van der Waals surface area contributed by atoms with Crippen LogP contribution in [-0.2, 0) is 0 Å². The van der Waals surface area contributed by atoms with Gasteiger partial charge in [0.15, 0.2) is 5.58 Å². The zero-order valence-corrected chi connectivity index (χ0v) is 9.48. The number of furan rings is 2. The Balaban J connectivity index is 0.000000111. The number of pyridine rings is 2. The van der Waals surface area contributed by atoms with Gasteiger partial charge in [0.2, 0.25) is 5.71 Å². The first-order valence-corrected chi connectivity index (χ1v) is 5.50. The van der Waals surface area contributed by atoms with E-state index in [9.17, 15) is 0 Å². The van der Waals surface area contributed by atoms with E-state index in [0.29, 0.717) is 5.71 Å². The van der Waals surface area contributed by atoms with Crippen LogP contribution in [0.15, 0.2) is 70.2 Å². The largest absolute Gasteiger partial charge is 0.463 e. The Hall–Kier alpha value is -2.62. The third-order valence-electron chi connectivity index (χ3n) is 2.45. The summed E-state index contributed by atoms with van der Waals surface area (Å²) < 4.78 is 10.1. The Morgan fingerprint density at radius 1 is 0.778 bits per heavy atom. The third kappa shape index (κ3) is 2.08. The van der Waals surface area contributed by atoms with E-state index >= 15 is 0 Å². The summed E-state index contributed by atoms with van der Waals surface area (Å²) in [6.45, 7) is 0. The smallest absolute Gasteiger partial charge is 0.225 e. The molecule has 0 unspecified atom stereocenters. The molecule has 4 heteroatoms. The van der Waals surface area contributed by atoms with E-state index in [1.165, 1.54) is 0 Å². The molecule has 0 aliphatic heterocycles. The minimum Gasteiger partial charge on any atom is -0.463 e. The van der Waals surface area contributed by atoms with E-state index < -0.39 is 0 Å². The second kappa shape index (κ2) is 4.71. The number of aromatic nitrogens is 2. The predicted octanol–water partition coefficient (Wildman–Crippen LogP) is 3.66. The third-order valence-corrected chi connectivity index (χ3v) is 2.45. The summed E-state index contributed by atoms with van der Waals surface area (Å²) in [6.07, 6.45) is 6.74.